The summed E-state index contributed by atoms with van der Waals surface area (Å²) in [6, 6.07) is 7.14. The van der Waals surface area contributed by atoms with E-state index in [4.69, 9.17) is 0 Å². The number of halogens is 9. The van der Waals surface area contributed by atoms with Crippen LogP contribution in [0.3, 0.4) is 0 Å². The van der Waals surface area contributed by atoms with Gasteiger partial charge in [0.15, 0.2) is 0 Å². The van der Waals surface area contributed by atoms with Gasteiger partial charge < -0.3 is 10.2 Å². The van der Waals surface area contributed by atoms with Gasteiger partial charge >= 0.3 is 24.6 Å². The molecule has 39 heavy (non-hydrogen) atoms. The van der Waals surface area contributed by atoms with Gasteiger partial charge in [-0.3, -0.25) is 0 Å². The molecule has 3 nitrogen and oxygen atoms in total. The van der Waals surface area contributed by atoms with Crippen molar-refractivity contribution >= 4 is 11.7 Å². The Kier molecular flexibility index (Phi) is 7.63. The van der Waals surface area contributed by atoms with Crippen molar-refractivity contribution in [2.45, 2.75) is 75.4 Å². The molecule has 2 aromatic rings. The van der Waals surface area contributed by atoms with Crippen LogP contribution in [0.1, 0.15) is 68.1 Å². The molecule has 214 valence electrons. The maximum Gasteiger partial charge on any atom is 0.416 e. The lowest BCUT2D eigenvalue weighted by Gasteiger charge is -2.50. The Bertz CT molecular complexity index is 1130. The molecule has 1 N–H and O–H groups in total. The summed E-state index contributed by atoms with van der Waals surface area (Å²) in [6.07, 6.45) is -12.5. The number of anilines is 1. The van der Waals surface area contributed by atoms with E-state index in [-0.39, 0.29) is 24.6 Å². The average molecular weight is 567 g/mol. The average Bonchev–Trinajstić information content (AvgIpc) is 2.96. The van der Waals surface area contributed by atoms with Crippen molar-refractivity contribution in [1.82, 2.24) is 4.90 Å². The molecule has 0 unspecified atom stereocenters. The number of alkyl halides is 9. The molecule has 1 saturated heterocycles. The molecule has 2 amide bonds. The predicted molar refractivity (Wildman–Crippen MR) is 126 cm³/mol. The Hall–Kier alpha value is -2.92. The van der Waals surface area contributed by atoms with Crippen molar-refractivity contribution in [3.63, 3.8) is 0 Å². The number of urea groups is 1. The lowest BCUT2D eigenvalue weighted by molar-refractivity contribution is -0.173. The van der Waals surface area contributed by atoms with Crippen molar-refractivity contribution in [2.75, 3.05) is 11.9 Å². The van der Waals surface area contributed by atoms with Crippen LogP contribution in [0.15, 0.2) is 48.5 Å². The molecule has 1 aliphatic heterocycles. The highest BCUT2D eigenvalue weighted by atomic mass is 19.4. The van der Waals surface area contributed by atoms with E-state index >= 15 is 0 Å². The molecule has 1 atom stereocenters. The summed E-state index contributed by atoms with van der Waals surface area (Å²) in [5, 5.41) is 2.08. The third-order valence-corrected chi connectivity index (χ3v) is 8.00. The van der Waals surface area contributed by atoms with Crippen molar-refractivity contribution in [2.24, 2.45) is 5.41 Å². The van der Waals surface area contributed by atoms with Crippen molar-refractivity contribution in [3.05, 3.63) is 65.2 Å². The molecule has 0 aromatic heterocycles. The van der Waals surface area contributed by atoms with E-state index in [1.807, 2.05) is 0 Å². The van der Waals surface area contributed by atoms with Gasteiger partial charge in [0.05, 0.1) is 23.1 Å². The zero-order valence-corrected chi connectivity index (χ0v) is 20.7. The molecule has 1 heterocycles. The smallest absolute Gasteiger partial charge is 0.314 e. The van der Waals surface area contributed by atoms with Gasteiger partial charge in [-0.25, -0.2) is 4.79 Å². The van der Waals surface area contributed by atoms with E-state index in [0.717, 1.165) is 17.7 Å². The van der Waals surface area contributed by atoms with Gasteiger partial charge in [-0.05, 0) is 48.4 Å². The van der Waals surface area contributed by atoms with Crippen LogP contribution in [0, 0.1) is 5.41 Å². The number of hydrogen-bond acceptors (Lipinski definition) is 1. The third-order valence-electron chi connectivity index (χ3n) is 8.00. The molecule has 4 rings (SSSR count). The van der Waals surface area contributed by atoms with Crippen molar-refractivity contribution < 1.29 is 44.3 Å². The molecule has 1 spiro atoms. The number of likely N-dealkylation sites (tertiary alicyclic amines) is 1. The number of carbonyl (C=O) groups is 1. The SMILES string of the molecule is O=C(Nc1cc(C(F)(F)F)cc(C(F)(F)F)c1)N1CCC2(CCCCCC2)[C@@]1(CC(F)(F)F)c1ccccc1. The second kappa shape index (κ2) is 10.2. The van der Waals surface area contributed by atoms with Crippen molar-refractivity contribution in [3.8, 4) is 0 Å². The van der Waals surface area contributed by atoms with Crippen LogP contribution in [0.25, 0.3) is 0 Å². The minimum Gasteiger partial charge on any atom is -0.314 e. The Balaban J connectivity index is 1.83. The summed E-state index contributed by atoms with van der Waals surface area (Å²) >= 11 is 0. The highest BCUT2D eigenvalue weighted by molar-refractivity contribution is 5.90. The molecular weight excluding hydrogens is 539 g/mol. The maximum atomic E-state index is 14.3. The zero-order valence-electron chi connectivity index (χ0n) is 20.7. The van der Waals surface area contributed by atoms with Crippen LogP contribution < -0.4 is 5.32 Å². The second-order valence-electron chi connectivity index (χ2n) is 10.3. The van der Waals surface area contributed by atoms with Gasteiger partial charge in [0.25, 0.3) is 0 Å². The van der Waals surface area contributed by atoms with Crippen LogP contribution in [0.5, 0.6) is 0 Å². The number of rotatable bonds is 3. The fourth-order valence-electron chi connectivity index (χ4n) is 6.42. The van der Waals surface area contributed by atoms with Crippen LogP contribution >= 0.6 is 0 Å². The number of nitrogens with one attached hydrogen (secondary N) is 1. The van der Waals surface area contributed by atoms with E-state index in [0.29, 0.717) is 37.8 Å². The molecule has 12 heteroatoms. The lowest BCUT2D eigenvalue weighted by Crippen LogP contribution is -2.56. The molecular formula is C27H27F9N2O. The summed E-state index contributed by atoms with van der Waals surface area (Å²) in [7, 11) is 0. The predicted octanol–water partition coefficient (Wildman–Crippen LogP) is 9.15. The Morgan fingerprint density at radius 2 is 1.31 bits per heavy atom. The van der Waals surface area contributed by atoms with Gasteiger partial charge in [0.2, 0.25) is 0 Å². The van der Waals surface area contributed by atoms with Crippen molar-refractivity contribution in [1.29, 1.82) is 0 Å². The highest BCUT2D eigenvalue weighted by Gasteiger charge is 2.64. The summed E-state index contributed by atoms with van der Waals surface area (Å²) in [5.74, 6) is 0. The van der Waals surface area contributed by atoms with Crippen LogP contribution in [-0.2, 0) is 17.9 Å². The highest BCUT2D eigenvalue weighted by Crippen LogP contribution is 2.62. The minimum absolute atomic E-state index is 0.0794. The topological polar surface area (TPSA) is 32.3 Å². The Morgan fingerprint density at radius 1 is 0.769 bits per heavy atom. The molecule has 0 radical (unpaired) electrons. The van der Waals surface area contributed by atoms with Gasteiger partial charge in [-0.2, -0.15) is 39.5 Å². The number of benzene rings is 2. The van der Waals surface area contributed by atoms with Gasteiger partial charge in [0, 0.05) is 12.2 Å². The Morgan fingerprint density at radius 3 is 1.79 bits per heavy atom. The monoisotopic (exact) mass is 566 g/mol. The number of carbonyl (C=O) groups excluding carboxylic acids is 1. The molecule has 2 fully saturated rings. The number of hydrogen-bond donors (Lipinski definition) is 1. The van der Waals surface area contributed by atoms with Gasteiger partial charge in [0.1, 0.15) is 0 Å². The fraction of sp³-hybridized carbons (Fsp3) is 0.519. The lowest BCUT2D eigenvalue weighted by atomic mass is 9.61. The second-order valence-corrected chi connectivity index (χ2v) is 10.3. The molecule has 2 aliphatic rings. The molecule has 2 aromatic carbocycles. The van der Waals surface area contributed by atoms with E-state index < -0.39 is 58.7 Å². The maximum absolute atomic E-state index is 14.3. The van der Waals surface area contributed by atoms with E-state index in [2.05, 4.69) is 5.32 Å². The number of amides is 2. The summed E-state index contributed by atoms with van der Waals surface area (Å²) in [4.78, 5) is 14.6. The summed E-state index contributed by atoms with van der Waals surface area (Å²) in [5.41, 5.74) is -6.72. The third kappa shape index (κ3) is 5.84. The van der Waals surface area contributed by atoms with E-state index in [1.54, 1.807) is 18.2 Å². The van der Waals surface area contributed by atoms with Gasteiger partial charge in [-0.1, -0.05) is 56.0 Å². The van der Waals surface area contributed by atoms with E-state index in [9.17, 15) is 44.3 Å². The van der Waals surface area contributed by atoms with Crippen LogP contribution in [0.4, 0.5) is 50.0 Å². The zero-order chi connectivity index (χ0) is 28.7. The fourth-order valence-corrected chi connectivity index (χ4v) is 6.42. The first kappa shape index (κ1) is 29.1. The van der Waals surface area contributed by atoms with Crippen LogP contribution in [-0.4, -0.2) is 23.7 Å². The normalized spacial score (nSPS) is 22.1. The molecule has 0 bridgehead atoms. The van der Waals surface area contributed by atoms with E-state index in [1.165, 1.54) is 12.1 Å². The van der Waals surface area contributed by atoms with Crippen LogP contribution in [0.2, 0.25) is 0 Å². The van der Waals surface area contributed by atoms with Gasteiger partial charge in [-0.15, -0.1) is 0 Å². The standard InChI is InChI=1S/C27H27F9N2O/c28-25(29,30)17-24(18-8-4-3-5-9-18)23(10-6-1-2-7-11-23)12-13-38(24)22(39)37-21-15-19(26(31,32)33)14-20(16-21)27(34,35)36/h3-5,8-9,14-16H,1-2,6-7,10-13,17H2,(H,37,39)/t24-/m1/s1. The first-order valence-corrected chi connectivity index (χ1v) is 12.6. The molecule has 1 aliphatic carbocycles. The number of nitrogens with zero attached hydrogens (tertiary/aromatic N) is 1. The molecule has 1 saturated carbocycles. The quantitative estimate of drug-likeness (QED) is 0.369. The largest absolute Gasteiger partial charge is 0.416 e. The minimum atomic E-state index is -5.15. The summed E-state index contributed by atoms with van der Waals surface area (Å²) in [6.45, 7) is -0.137. The first-order chi connectivity index (χ1) is 18.1. The summed E-state index contributed by atoms with van der Waals surface area (Å²) < 4.78 is 123. The Labute approximate surface area is 219 Å². The first-order valence-electron chi connectivity index (χ1n) is 12.6.